The van der Waals surface area contributed by atoms with Crippen molar-refractivity contribution in [3.8, 4) is 0 Å². The van der Waals surface area contributed by atoms with E-state index < -0.39 is 0 Å². The lowest BCUT2D eigenvalue weighted by Gasteiger charge is -2.49. The fraction of sp³-hybridized carbons (Fsp3) is 0.650. The van der Waals surface area contributed by atoms with Gasteiger partial charge in [0.2, 0.25) is 5.91 Å². The highest BCUT2D eigenvalue weighted by molar-refractivity contribution is 5.78. The third-order valence-corrected chi connectivity index (χ3v) is 6.07. The van der Waals surface area contributed by atoms with Crippen LogP contribution in [0, 0.1) is 11.3 Å². The Morgan fingerprint density at radius 1 is 1.24 bits per heavy atom. The highest BCUT2D eigenvalue weighted by atomic mass is 16.3. The SMILES string of the molecule is O=C(CN1CCC2(CCNCC2CO)CC1)NCCc1ccccc1. The van der Waals surface area contributed by atoms with Crippen molar-refractivity contribution < 1.29 is 9.90 Å². The summed E-state index contributed by atoms with van der Waals surface area (Å²) in [6.07, 6.45) is 4.21. The molecule has 5 heteroatoms. The molecule has 25 heavy (non-hydrogen) atoms. The molecule has 1 aromatic rings. The summed E-state index contributed by atoms with van der Waals surface area (Å²) in [6, 6.07) is 10.2. The van der Waals surface area contributed by atoms with E-state index in [2.05, 4.69) is 27.7 Å². The molecule has 1 aromatic carbocycles. The molecule has 5 nitrogen and oxygen atoms in total. The Morgan fingerprint density at radius 2 is 2.00 bits per heavy atom. The molecule has 3 N–H and O–H groups in total. The van der Waals surface area contributed by atoms with E-state index in [4.69, 9.17) is 0 Å². The molecule has 1 atom stereocenters. The number of carbonyl (C=O) groups is 1. The Hall–Kier alpha value is -1.43. The van der Waals surface area contributed by atoms with Crippen LogP contribution < -0.4 is 10.6 Å². The molecule has 1 amide bonds. The number of benzene rings is 1. The number of likely N-dealkylation sites (tertiary alicyclic amines) is 1. The van der Waals surface area contributed by atoms with Gasteiger partial charge in [-0.1, -0.05) is 30.3 Å². The summed E-state index contributed by atoms with van der Waals surface area (Å²) in [4.78, 5) is 14.5. The lowest BCUT2D eigenvalue weighted by Crippen LogP contribution is -2.53. The van der Waals surface area contributed by atoms with Gasteiger partial charge in [0.15, 0.2) is 0 Å². The van der Waals surface area contributed by atoms with Crippen LogP contribution in [0.1, 0.15) is 24.8 Å². The number of piperidine rings is 2. The molecule has 0 radical (unpaired) electrons. The first-order valence-electron chi connectivity index (χ1n) is 9.56. The fourth-order valence-corrected chi connectivity index (χ4v) is 4.36. The van der Waals surface area contributed by atoms with E-state index in [0.29, 0.717) is 19.0 Å². The number of rotatable bonds is 6. The molecular formula is C20H31N3O2. The second-order valence-electron chi connectivity index (χ2n) is 7.56. The third-order valence-electron chi connectivity index (χ3n) is 6.07. The number of carbonyl (C=O) groups excluding carboxylic acids is 1. The molecule has 3 rings (SSSR count). The molecule has 0 aliphatic carbocycles. The first-order chi connectivity index (χ1) is 12.2. The number of nitrogens with one attached hydrogen (secondary N) is 2. The number of hydrogen-bond acceptors (Lipinski definition) is 4. The van der Waals surface area contributed by atoms with Crippen LogP contribution in [0.25, 0.3) is 0 Å². The number of hydrogen-bond donors (Lipinski definition) is 3. The molecule has 2 aliphatic rings. The molecule has 0 bridgehead atoms. The van der Waals surface area contributed by atoms with Crippen LogP contribution in [0.4, 0.5) is 0 Å². The van der Waals surface area contributed by atoms with Crippen molar-refractivity contribution in [2.75, 3.05) is 45.9 Å². The summed E-state index contributed by atoms with van der Waals surface area (Å²) in [5.74, 6) is 0.485. The van der Waals surface area contributed by atoms with Gasteiger partial charge >= 0.3 is 0 Å². The first-order valence-corrected chi connectivity index (χ1v) is 9.56. The minimum atomic E-state index is 0.121. The molecule has 2 saturated heterocycles. The Kier molecular flexibility index (Phi) is 6.45. The molecule has 0 saturated carbocycles. The monoisotopic (exact) mass is 345 g/mol. The van der Waals surface area contributed by atoms with Crippen LogP contribution in [-0.4, -0.2) is 61.8 Å². The number of nitrogens with zero attached hydrogens (tertiary/aromatic N) is 1. The summed E-state index contributed by atoms with van der Waals surface area (Å²) < 4.78 is 0. The molecule has 0 aromatic heterocycles. The van der Waals surface area contributed by atoms with E-state index in [0.717, 1.165) is 51.9 Å². The van der Waals surface area contributed by atoms with E-state index >= 15 is 0 Å². The van der Waals surface area contributed by atoms with E-state index in [1.165, 1.54) is 5.56 Å². The predicted octanol–water partition coefficient (Wildman–Crippen LogP) is 1.03. The van der Waals surface area contributed by atoms with Gasteiger partial charge in [0, 0.05) is 25.6 Å². The van der Waals surface area contributed by atoms with Crippen molar-refractivity contribution in [1.29, 1.82) is 0 Å². The van der Waals surface area contributed by atoms with Crippen LogP contribution in [0.3, 0.4) is 0 Å². The average molecular weight is 345 g/mol. The number of amides is 1. The van der Waals surface area contributed by atoms with Crippen LogP contribution in [-0.2, 0) is 11.2 Å². The summed E-state index contributed by atoms with van der Waals surface area (Å²) >= 11 is 0. The Morgan fingerprint density at radius 3 is 2.72 bits per heavy atom. The van der Waals surface area contributed by atoms with Crippen LogP contribution >= 0.6 is 0 Å². The number of aliphatic hydroxyl groups excluding tert-OH is 1. The van der Waals surface area contributed by atoms with Crippen molar-refractivity contribution in [1.82, 2.24) is 15.5 Å². The summed E-state index contributed by atoms with van der Waals surface area (Å²) in [5, 5.41) is 16.1. The second kappa shape index (κ2) is 8.79. The highest BCUT2D eigenvalue weighted by Gasteiger charge is 2.42. The summed E-state index contributed by atoms with van der Waals surface area (Å²) in [5.41, 5.74) is 1.53. The molecule has 2 aliphatic heterocycles. The quantitative estimate of drug-likeness (QED) is 0.721. The molecule has 1 spiro atoms. The predicted molar refractivity (Wildman–Crippen MR) is 99.3 cm³/mol. The van der Waals surface area contributed by atoms with Gasteiger partial charge in [-0.15, -0.1) is 0 Å². The van der Waals surface area contributed by atoms with Crippen molar-refractivity contribution in [3.63, 3.8) is 0 Å². The summed E-state index contributed by atoms with van der Waals surface area (Å²) in [7, 11) is 0. The normalized spacial score (nSPS) is 23.5. The zero-order valence-electron chi connectivity index (χ0n) is 15.0. The van der Waals surface area contributed by atoms with Crippen molar-refractivity contribution in [2.45, 2.75) is 25.7 Å². The van der Waals surface area contributed by atoms with Gasteiger partial charge in [0.05, 0.1) is 6.54 Å². The van der Waals surface area contributed by atoms with Gasteiger partial charge in [0.25, 0.3) is 0 Å². The Labute approximate surface area is 150 Å². The van der Waals surface area contributed by atoms with Gasteiger partial charge in [0.1, 0.15) is 0 Å². The molecule has 2 fully saturated rings. The molecule has 2 heterocycles. The van der Waals surface area contributed by atoms with Gasteiger partial charge in [-0.05, 0) is 56.3 Å². The maximum absolute atomic E-state index is 12.2. The lowest BCUT2D eigenvalue weighted by atomic mass is 9.65. The largest absolute Gasteiger partial charge is 0.396 e. The van der Waals surface area contributed by atoms with E-state index in [-0.39, 0.29) is 17.9 Å². The van der Waals surface area contributed by atoms with E-state index in [1.54, 1.807) is 0 Å². The smallest absolute Gasteiger partial charge is 0.234 e. The molecular weight excluding hydrogens is 314 g/mol. The zero-order chi connectivity index (χ0) is 17.5. The van der Waals surface area contributed by atoms with Gasteiger partial charge in [-0.25, -0.2) is 0 Å². The molecule has 1 unspecified atom stereocenters. The lowest BCUT2D eigenvalue weighted by molar-refractivity contribution is -0.123. The van der Waals surface area contributed by atoms with Gasteiger partial charge in [-0.3, -0.25) is 9.69 Å². The maximum atomic E-state index is 12.2. The van der Waals surface area contributed by atoms with Gasteiger partial charge < -0.3 is 15.7 Å². The molecule has 138 valence electrons. The second-order valence-corrected chi connectivity index (χ2v) is 7.56. The highest BCUT2D eigenvalue weighted by Crippen LogP contribution is 2.43. The topological polar surface area (TPSA) is 64.6 Å². The summed E-state index contributed by atoms with van der Waals surface area (Å²) in [6.45, 7) is 5.36. The van der Waals surface area contributed by atoms with E-state index in [1.807, 2.05) is 18.2 Å². The Balaban J connectivity index is 1.39. The maximum Gasteiger partial charge on any atom is 0.234 e. The third kappa shape index (κ3) is 4.81. The minimum absolute atomic E-state index is 0.121. The number of aliphatic hydroxyl groups is 1. The fourth-order valence-electron chi connectivity index (χ4n) is 4.36. The van der Waals surface area contributed by atoms with Crippen LogP contribution in [0.5, 0.6) is 0 Å². The van der Waals surface area contributed by atoms with Crippen molar-refractivity contribution in [3.05, 3.63) is 35.9 Å². The zero-order valence-corrected chi connectivity index (χ0v) is 15.0. The van der Waals surface area contributed by atoms with Gasteiger partial charge in [-0.2, -0.15) is 0 Å². The van der Waals surface area contributed by atoms with Crippen molar-refractivity contribution >= 4 is 5.91 Å². The first kappa shape index (κ1) is 18.4. The minimum Gasteiger partial charge on any atom is -0.396 e. The van der Waals surface area contributed by atoms with Crippen LogP contribution in [0.2, 0.25) is 0 Å². The van der Waals surface area contributed by atoms with E-state index in [9.17, 15) is 9.90 Å². The standard InChI is InChI=1S/C20H31N3O2/c24-16-18-14-21-11-7-20(18)8-12-23(13-9-20)15-19(25)22-10-6-17-4-2-1-3-5-17/h1-5,18,21,24H,6-16H2,(H,22,25). The Bertz CT molecular complexity index is 541. The van der Waals surface area contributed by atoms with Crippen LogP contribution in [0.15, 0.2) is 30.3 Å². The van der Waals surface area contributed by atoms with Crippen molar-refractivity contribution in [2.24, 2.45) is 11.3 Å². The average Bonchev–Trinajstić information content (AvgIpc) is 2.65.